The van der Waals surface area contributed by atoms with E-state index >= 15 is 0 Å². The molecule has 1 N–H and O–H groups in total. The summed E-state index contributed by atoms with van der Waals surface area (Å²) in [7, 11) is 5.47. The number of likely N-dealkylation sites (N-methyl/N-ethyl adjacent to an activating group) is 1. The number of carbonyl (C=O) groups is 3. The van der Waals surface area contributed by atoms with Gasteiger partial charge in [-0.25, -0.2) is 4.79 Å². The first kappa shape index (κ1) is 55.5. The lowest BCUT2D eigenvalue weighted by Crippen LogP contribution is -2.50. The van der Waals surface area contributed by atoms with Crippen LogP contribution >= 0.6 is 0 Å². The summed E-state index contributed by atoms with van der Waals surface area (Å²) in [6.45, 7) is 4.33. The average Bonchev–Trinajstić information content (AvgIpc) is 3.21. The van der Waals surface area contributed by atoms with Gasteiger partial charge in [-0.1, -0.05) is 148 Å². The van der Waals surface area contributed by atoms with Crippen LogP contribution in [-0.2, 0) is 28.6 Å². The first-order valence-electron chi connectivity index (χ1n) is 22.2. The normalized spacial score (nSPS) is 14.2. The molecule has 8 heteroatoms. The molecule has 0 radical (unpaired) electrons. The number of aliphatic carboxylic acids is 1. The quantitative estimate of drug-likeness (QED) is 0.0288. The molecule has 2 atom stereocenters. The van der Waals surface area contributed by atoms with Crippen molar-refractivity contribution in [1.82, 2.24) is 0 Å². The molecular formula is C52H80NO7+. The summed E-state index contributed by atoms with van der Waals surface area (Å²) in [6, 6.07) is -0.645. The molecule has 2 unspecified atom stereocenters. The summed E-state index contributed by atoms with van der Waals surface area (Å²) < 4.78 is 17.1. The Balaban J connectivity index is 4.59. The highest BCUT2D eigenvalue weighted by atomic mass is 16.6. The number of unbranched alkanes of at least 4 members (excludes halogenated alkanes) is 1. The molecule has 334 valence electrons. The maximum absolute atomic E-state index is 12.7. The van der Waals surface area contributed by atoms with Crippen LogP contribution in [0.15, 0.2) is 134 Å². The fourth-order valence-electron chi connectivity index (χ4n) is 5.44. The van der Waals surface area contributed by atoms with Gasteiger partial charge in [0, 0.05) is 19.3 Å². The molecule has 0 aromatic heterocycles. The Morgan fingerprint density at radius 3 is 1.27 bits per heavy atom. The second-order valence-electron chi connectivity index (χ2n) is 15.2. The van der Waals surface area contributed by atoms with Crippen molar-refractivity contribution in [2.75, 3.05) is 41.0 Å². The number of quaternary nitrogens is 1. The smallest absolute Gasteiger partial charge is 0.362 e. The van der Waals surface area contributed by atoms with Gasteiger partial charge in [0.05, 0.1) is 34.4 Å². The predicted octanol–water partition coefficient (Wildman–Crippen LogP) is 12.4. The maximum Gasteiger partial charge on any atom is 0.362 e. The Morgan fingerprint density at radius 1 is 0.500 bits per heavy atom. The van der Waals surface area contributed by atoms with E-state index in [1.54, 1.807) is 0 Å². The number of esters is 2. The number of carbonyl (C=O) groups excluding carboxylic acids is 2. The maximum atomic E-state index is 12.7. The van der Waals surface area contributed by atoms with Gasteiger partial charge in [0.2, 0.25) is 0 Å². The molecule has 0 saturated heterocycles. The third-order valence-corrected chi connectivity index (χ3v) is 8.81. The fourth-order valence-corrected chi connectivity index (χ4v) is 5.44. The molecule has 0 fully saturated rings. The Kier molecular flexibility index (Phi) is 38.1. The van der Waals surface area contributed by atoms with Crippen LogP contribution in [0.1, 0.15) is 123 Å². The summed E-state index contributed by atoms with van der Waals surface area (Å²) in [5.74, 6) is -1.67. The summed E-state index contributed by atoms with van der Waals surface area (Å²) in [4.78, 5) is 37.0. The summed E-state index contributed by atoms with van der Waals surface area (Å²) in [6.07, 6.45) is 59.5. The predicted molar refractivity (Wildman–Crippen MR) is 251 cm³/mol. The van der Waals surface area contributed by atoms with Gasteiger partial charge in [0.1, 0.15) is 6.61 Å². The molecule has 60 heavy (non-hydrogen) atoms. The molecule has 0 aliphatic rings. The van der Waals surface area contributed by atoms with Crippen molar-refractivity contribution < 1.29 is 38.2 Å². The second kappa shape index (κ2) is 41.2. The summed E-state index contributed by atoms with van der Waals surface area (Å²) in [5.41, 5.74) is 0. The summed E-state index contributed by atoms with van der Waals surface area (Å²) >= 11 is 0. The number of ether oxygens (including phenoxy) is 3. The topological polar surface area (TPSA) is 99.1 Å². The van der Waals surface area contributed by atoms with Gasteiger partial charge in [-0.2, -0.15) is 0 Å². The number of hydrogen-bond acceptors (Lipinski definition) is 6. The molecule has 8 nitrogen and oxygen atoms in total. The third kappa shape index (κ3) is 39.0. The van der Waals surface area contributed by atoms with Crippen molar-refractivity contribution in [2.24, 2.45) is 0 Å². The number of nitrogens with zero attached hydrogens (tertiary/aromatic N) is 1. The molecule has 0 rings (SSSR count). The van der Waals surface area contributed by atoms with E-state index in [2.05, 4.69) is 135 Å². The number of allylic oxidation sites excluding steroid dienone is 22. The van der Waals surface area contributed by atoms with Crippen molar-refractivity contribution in [3.63, 3.8) is 0 Å². The van der Waals surface area contributed by atoms with E-state index in [-0.39, 0.29) is 49.1 Å². The van der Waals surface area contributed by atoms with Crippen LogP contribution in [0.2, 0.25) is 0 Å². The van der Waals surface area contributed by atoms with E-state index in [1.807, 2.05) is 33.3 Å². The van der Waals surface area contributed by atoms with Crippen LogP contribution in [-0.4, -0.2) is 80.6 Å². The number of carboxylic acids is 1. The minimum atomic E-state index is -0.901. The van der Waals surface area contributed by atoms with Crippen LogP contribution in [0.3, 0.4) is 0 Å². The molecule has 0 aliphatic heterocycles. The lowest BCUT2D eigenvalue weighted by molar-refractivity contribution is -0.887. The van der Waals surface area contributed by atoms with Gasteiger partial charge in [0.25, 0.3) is 0 Å². The zero-order valence-corrected chi connectivity index (χ0v) is 37.8. The van der Waals surface area contributed by atoms with Crippen molar-refractivity contribution in [2.45, 2.75) is 135 Å². The van der Waals surface area contributed by atoms with Gasteiger partial charge < -0.3 is 23.8 Å². The second-order valence-corrected chi connectivity index (χ2v) is 15.2. The van der Waals surface area contributed by atoms with Crippen LogP contribution < -0.4 is 0 Å². The largest absolute Gasteiger partial charge is 0.477 e. The lowest BCUT2D eigenvalue weighted by Gasteiger charge is -2.31. The van der Waals surface area contributed by atoms with E-state index in [1.165, 1.54) is 0 Å². The molecule has 0 amide bonds. The van der Waals surface area contributed by atoms with Gasteiger partial charge in [0.15, 0.2) is 12.1 Å². The fraction of sp³-hybridized carbons (Fsp3) is 0.519. The van der Waals surface area contributed by atoms with Crippen LogP contribution in [0, 0.1) is 0 Å². The first-order valence-corrected chi connectivity index (χ1v) is 22.2. The standard InChI is InChI=1S/C52H79NO7/c1-6-8-10-12-14-16-18-20-22-24-25-26-27-29-31-33-35-37-39-41-43-51(55)60-48(46-58-45-44-49(52(56)57)53(3,4)5)47-59-50(54)42-40-38-36-34-32-30-28-23-21-19-17-15-13-11-9-7-2/h8-11,14-17,20-23,25-26,29-32,35-38,48-49H,6-7,12-13,18-19,24,27-28,33-34,39-47H2,1-5H3/p+1/b10-8+,11-9+,16-14+,17-15+,22-20+,23-21+,26-25+,31-29+,32-30+,37-35+,38-36+. The van der Waals surface area contributed by atoms with E-state index in [9.17, 15) is 19.5 Å². The summed E-state index contributed by atoms with van der Waals surface area (Å²) in [5, 5.41) is 9.62. The van der Waals surface area contributed by atoms with Crippen molar-refractivity contribution in [1.29, 1.82) is 0 Å². The van der Waals surface area contributed by atoms with Gasteiger partial charge in [-0.3, -0.25) is 9.59 Å². The lowest BCUT2D eigenvalue weighted by atomic mass is 10.1. The molecule has 0 aromatic carbocycles. The molecule has 0 heterocycles. The number of carboxylic acid groups (broad SMARTS) is 1. The average molecular weight is 831 g/mol. The monoisotopic (exact) mass is 831 g/mol. The number of hydrogen-bond donors (Lipinski definition) is 1. The highest BCUT2D eigenvalue weighted by Gasteiger charge is 2.31. The van der Waals surface area contributed by atoms with E-state index < -0.39 is 18.1 Å². The van der Waals surface area contributed by atoms with E-state index in [0.717, 1.165) is 77.0 Å². The minimum absolute atomic E-state index is 0.00439. The molecule has 0 bridgehead atoms. The highest BCUT2D eigenvalue weighted by molar-refractivity contribution is 5.72. The van der Waals surface area contributed by atoms with Crippen molar-refractivity contribution >= 4 is 17.9 Å². The number of rotatable bonds is 37. The Morgan fingerprint density at radius 2 is 0.883 bits per heavy atom. The molecule has 0 spiro atoms. The Bertz CT molecular complexity index is 1430. The van der Waals surface area contributed by atoms with Gasteiger partial charge in [-0.15, -0.1) is 0 Å². The van der Waals surface area contributed by atoms with Crippen LogP contribution in [0.5, 0.6) is 0 Å². The molecule has 0 saturated carbocycles. The zero-order valence-electron chi connectivity index (χ0n) is 37.8. The highest BCUT2D eigenvalue weighted by Crippen LogP contribution is 2.10. The van der Waals surface area contributed by atoms with Crippen molar-refractivity contribution in [3.8, 4) is 0 Å². The molecule has 0 aliphatic carbocycles. The Labute approximate surface area is 364 Å². The SMILES string of the molecule is CC/C=C/C/C=C/C/C=C/C/C=C/C/C=C/C/C=C/CCCC(=O)OC(COCCC(C(=O)O)[N+](C)(C)C)COC(=O)CC/C=C/C/C=C/C/C=C/C/C=C/C/C=C/CC. The molecule has 0 aromatic rings. The van der Waals surface area contributed by atoms with E-state index in [4.69, 9.17) is 14.2 Å². The third-order valence-electron chi connectivity index (χ3n) is 8.81. The van der Waals surface area contributed by atoms with Gasteiger partial charge in [-0.05, 0) is 89.9 Å². The van der Waals surface area contributed by atoms with Gasteiger partial charge >= 0.3 is 17.9 Å². The first-order chi connectivity index (χ1) is 29.1. The van der Waals surface area contributed by atoms with Crippen LogP contribution in [0.25, 0.3) is 0 Å². The Hall–Kier alpha value is -4.53. The zero-order chi connectivity index (χ0) is 44.2. The molecular weight excluding hydrogens is 751 g/mol. The van der Waals surface area contributed by atoms with Crippen molar-refractivity contribution in [3.05, 3.63) is 134 Å². The van der Waals surface area contributed by atoms with Crippen LogP contribution in [0.4, 0.5) is 0 Å². The van der Waals surface area contributed by atoms with E-state index in [0.29, 0.717) is 19.3 Å². The minimum Gasteiger partial charge on any atom is -0.477 e.